The van der Waals surface area contributed by atoms with Crippen molar-refractivity contribution in [3.05, 3.63) is 29.3 Å². The summed E-state index contributed by atoms with van der Waals surface area (Å²) in [4.78, 5) is 24.6. The summed E-state index contributed by atoms with van der Waals surface area (Å²) in [6.07, 6.45) is 0. The van der Waals surface area contributed by atoms with Gasteiger partial charge in [-0.3, -0.25) is 9.69 Å². The molecule has 1 saturated heterocycles. The number of amides is 3. The molecule has 0 radical (unpaired) electrons. The van der Waals surface area contributed by atoms with Crippen LogP contribution < -0.4 is 5.32 Å². The number of thioether (sulfide) groups is 1. The van der Waals surface area contributed by atoms with E-state index in [1.54, 1.807) is 24.3 Å². The SMILES string of the molecule is O=C(CSc1nnnn1-c1ccc(Cl)cc1)N1CCNC1=O. The van der Waals surface area contributed by atoms with Crippen LogP contribution in [0.3, 0.4) is 0 Å². The Morgan fingerprint density at radius 3 is 2.82 bits per heavy atom. The maximum Gasteiger partial charge on any atom is 0.324 e. The number of nitrogens with one attached hydrogen (secondary N) is 1. The first-order valence-corrected chi connectivity index (χ1v) is 7.77. The first kappa shape index (κ1) is 14.8. The smallest absolute Gasteiger partial charge is 0.324 e. The van der Waals surface area contributed by atoms with E-state index in [0.29, 0.717) is 23.3 Å². The molecule has 0 unspecified atom stereocenters. The minimum Gasteiger partial charge on any atom is -0.336 e. The molecule has 1 aromatic carbocycles. The monoisotopic (exact) mass is 338 g/mol. The summed E-state index contributed by atoms with van der Waals surface area (Å²) in [6.45, 7) is 0.873. The lowest BCUT2D eigenvalue weighted by Gasteiger charge is -2.11. The molecule has 8 nitrogen and oxygen atoms in total. The number of tetrazole rings is 1. The predicted molar refractivity (Wildman–Crippen MR) is 80.0 cm³/mol. The maximum atomic E-state index is 12.0. The lowest BCUT2D eigenvalue weighted by Crippen LogP contribution is -2.35. The van der Waals surface area contributed by atoms with Crippen LogP contribution in [0.1, 0.15) is 0 Å². The van der Waals surface area contributed by atoms with Crippen LogP contribution in [0.15, 0.2) is 29.4 Å². The summed E-state index contributed by atoms with van der Waals surface area (Å²) in [5.41, 5.74) is 0.739. The number of carbonyl (C=O) groups is 2. The van der Waals surface area contributed by atoms with Crippen LogP contribution in [-0.4, -0.2) is 55.9 Å². The molecule has 10 heteroatoms. The van der Waals surface area contributed by atoms with Crippen LogP contribution in [-0.2, 0) is 4.79 Å². The molecule has 0 saturated carbocycles. The van der Waals surface area contributed by atoms with Crippen molar-refractivity contribution in [2.45, 2.75) is 5.16 Å². The normalized spacial score (nSPS) is 14.2. The average molecular weight is 339 g/mol. The van der Waals surface area contributed by atoms with Crippen molar-refractivity contribution in [3.8, 4) is 5.69 Å². The van der Waals surface area contributed by atoms with Gasteiger partial charge in [0, 0.05) is 18.1 Å². The Bertz CT molecular complexity index is 704. The van der Waals surface area contributed by atoms with Crippen LogP contribution in [0.25, 0.3) is 5.69 Å². The molecule has 1 aliphatic heterocycles. The summed E-state index contributed by atoms with van der Waals surface area (Å²) in [5, 5.41) is 15.1. The minimum atomic E-state index is -0.358. The highest BCUT2D eigenvalue weighted by atomic mass is 35.5. The van der Waals surface area contributed by atoms with Crippen molar-refractivity contribution in [3.63, 3.8) is 0 Å². The van der Waals surface area contributed by atoms with Crippen LogP contribution in [0.4, 0.5) is 4.79 Å². The van der Waals surface area contributed by atoms with Crippen molar-refractivity contribution in [1.82, 2.24) is 30.4 Å². The molecule has 0 atom stereocenters. The van der Waals surface area contributed by atoms with Crippen molar-refractivity contribution < 1.29 is 9.59 Å². The van der Waals surface area contributed by atoms with Gasteiger partial charge in [-0.15, -0.1) is 5.10 Å². The Hall–Kier alpha value is -2.13. The Morgan fingerprint density at radius 1 is 1.36 bits per heavy atom. The number of halogens is 1. The third-order valence-electron chi connectivity index (χ3n) is 2.99. The molecule has 3 rings (SSSR count). The zero-order chi connectivity index (χ0) is 15.5. The Balaban J connectivity index is 1.69. The number of rotatable bonds is 4. The number of benzene rings is 1. The van der Waals surface area contributed by atoms with Crippen molar-refractivity contribution in [2.24, 2.45) is 0 Å². The van der Waals surface area contributed by atoms with Gasteiger partial charge in [0.05, 0.1) is 11.4 Å². The van der Waals surface area contributed by atoms with E-state index in [0.717, 1.165) is 5.69 Å². The topological polar surface area (TPSA) is 93.0 Å². The second kappa shape index (κ2) is 6.32. The molecule has 114 valence electrons. The van der Waals surface area contributed by atoms with Gasteiger partial charge in [-0.05, 0) is 34.7 Å². The van der Waals surface area contributed by atoms with E-state index in [-0.39, 0.29) is 17.7 Å². The van der Waals surface area contributed by atoms with Gasteiger partial charge in [0.25, 0.3) is 0 Å². The van der Waals surface area contributed by atoms with Gasteiger partial charge in [-0.1, -0.05) is 23.4 Å². The maximum absolute atomic E-state index is 12.0. The van der Waals surface area contributed by atoms with Gasteiger partial charge in [0.1, 0.15) is 0 Å². The molecule has 3 amide bonds. The average Bonchev–Trinajstić information content (AvgIpc) is 3.14. The zero-order valence-corrected chi connectivity index (χ0v) is 12.8. The summed E-state index contributed by atoms with van der Waals surface area (Å²) in [6, 6.07) is 6.65. The minimum absolute atomic E-state index is 0.0847. The highest BCUT2D eigenvalue weighted by molar-refractivity contribution is 7.99. The van der Waals surface area contributed by atoms with Gasteiger partial charge in [0.15, 0.2) is 0 Å². The fourth-order valence-corrected chi connectivity index (χ4v) is 2.82. The second-order valence-electron chi connectivity index (χ2n) is 4.42. The second-order valence-corrected chi connectivity index (χ2v) is 5.79. The first-order valence-electron chi connectivity index (χ1n) is 6.40. The number of nitrogens with zero attached hydrogens (tertiary/aromatic N) is 5. The van der Waals surface area contributed by atoms with Gasteiger partial charge in [0.2, 0.25) is 11.1 Å². The molecule has 0 spiro atoms. The van der Waals surface area contributed by atoms with Crippen LogP contribution in [0, 0.1) is 0 Å². The van der Waals surface area contributed by atoms with Crippen molar-refractivity contribution in [2.75, 3.05) is 18.8 Å². The van der Waals surface area contributed by atoms with E-state index in [2.05, 4.69) is 20.8 Å². The quantitative estimate of drug-likeness (QED) is 0.835. The molecule has 2 aromatic rings. The molecular formula is C12H11ClN6O2S. The first-order chi connectivity index (χ1) is 10.6. The third-order valence-corrected chi connectivity index (χ3v) is 4.15. The van der Waals surface area contributed by atoms with Crippen LogP contribution in [0.2, 0.25) is 5.02 Å². The molecule has 1 aromatic heterocycles. The zero-order valence-electron chi connectivity index (χ0n) is 11.3. The Labute approximate surface area is 134 Å². The van der Waals surface area contributed by atoms with Crippen molar-refractivity contribution >= 4 is 35.3 Å². The molecule has 1 N–H and O–H groups in total. The number of aromatic nitrogens is 4. The predicted octanol–water partition coefficient (Wildman–Crippen LogP) is 0.960. The summed E-state index contributed by atoms with van der Waals surface area (Å²) in [5.74, 6) is -0.188. The largest absolute Gasteiger partial charge is 0.336 e. The van der Waals surface area contributed by atoms with E-state index in [4.69, 9.17) is 11.6 Å². The molecule has 0 bridgehead atoms. The van der Waals surface area contributed by atoms with Gasteiger partial charge in [-0.2, -0.15) is 4.68 Å². The summed E-state index contributed by atoms with van der Waals surface area (Å²) >= 11 is 7.02. The van der Waals surface area contributed by atoms with Crippen molar-refractivity contribution in [1.29, 1.82) is 0 Å². The molecule has 1 aliphatic rings. The molecule has 22 heavy (non-hydrogen) atoms. The highest BCUT2D eigenvalue weighted by Gasteiger charge is 2.26. The molecule has 0 aliphatic carbocycles. The number of urea groups is 1. The lowest BCUT2D eigenvalue weighted by atomic mass is 10.3. The lowest BCUT2D eigenvalue weighted by molar-refractivity contribution is -0.124. The van der Waals surface area contributed by atoms with Crippen LogP contribution >= 0.6 is 23.4 Å². The fraction of sp³-hybridized carbons (Fsp3) is 0.250. The third kappa shape index (κ3) is 3.04. The number of carbonyl (C=O) groups excluding carboxylic acids is 2. The van der Waals surface area contributed by atoms with E-state index in [1.807, 2.05) is 0 Å². The number of hydrogen-bond donors (Lipinski definition) is 1. The molecule has 1 fully saturated rings. The van der Waals surface area contributed by atoms with Gasteiger partial charge in [-0.25, -0.2) is 4.79 Å². The van der Waals surface area contributed by atoms with Crippen LogP contribution in [0.5, 0.6) is 0 Å². The highest BCUT2D eigenvalue weighted by Crippen LogP contribution is 2.20. The van der Waals surface area contributed by atoms with E-state index in [9.17, 15) is 9.59 Å². The van der Waals surface area contributed by atoms with Gasteiger partial charge < -0.3 is 5.32 Å². The van der Waals surface area contributed by atoms with E-state index >= 15 is 0 Å². The summed E-state index contributed by atoms with van der Waals surface area (Å²) in [7, 11) is 0. The standard InChI is InChI=1S/C12H11ClN6O2S/c13-8-1-3-9(4-2-8)19-12(15-16-17-19)22-7-10(20)18-6-5-14-11(18)21/h1-4H,5-7H2,(H,14,21). The fourth-order valence-electron chi connectivity index (χ4n) is 1.93. The molecule has 2 heterocycles. The Morgan fingerprint density at radius 2 is 2.14 bits per heavy atom. The van der Waals surface area contributed by atoms with Gasteiger partial charge >= 0.3 is 6.03 Å². The summed E-state index contributed by atoms with van der Waals surface area (Å²) < 4.78 is 1.51. The number of imide groups is 1. The molecular weight excluding hydrogens is 328 g/mol. The Kier molecular flexibility index (Phi) is 4.25. The number of hydrogen-bond acceptors (Lipinski definition) is 6. The van der Waals surface area contributed by atoms with E-state index < -0.39 is 0 Å². The van der Waals surface area contributed by atoms with E-state index in [1.165, 1.54) is 21.3 Å².